The molecule has 12 aromatic rings. The zero-order chi connectivity index (χ0) is 41.0. The molecule has 8 heteroatoms. The maximum Gasteiger partial charge on any atom is 0.165 e. The highest BCUT2D eigenvalue weighted by molar-refractivity contribution is 7.26. The molecule has 0 radical (unpaired) electrons. The minimum atomic E-state index is 0.612. The fourth-order valence-electron chi connectivity index (χ4n) is 8.35. The zero-order valence-electron chi connectivity index (χ0n) is 33.1. The molecule has 62 heavy (non-hydrogen) atoms. The van der Waals surface area contributed by atoms with Crippen molar-refractivity contribution in [1.29, 1.82) is 0 Å². The van der Waals surface area contributed by atoms with Crippen molar-refractivity contribution in [2.24, 2.45) is 0 Å². The van der Waals surface area contributed by atoms with Crippen LogP contribution in [-0.4, -0.2) is 34.5 Å². The van der Waals surface area contributed by atoms with Crippen LogP contribution in [0.1, 0.15) is 0 Å². The third-order valence-corrected chi connectivity index (χ3v) is 12.5. The number of rotatable bonds is 7. The summed E-state index contributed by atoms with van der Waals surface area (Å²) in [6, 6.07) is 68.8. The summed E-state index contributed by atoms with van der Waals surface area (Å²) in [5.74, 6) is 3.74. The van der Waals surface area contributed by atoms with Crippen LogP contribution in [0.4, 0.5) is 0 Å². The molecule has 0 aliphatic carbocycles. The summed E-state index contributed by atoms with van der Waals surface area (Å²) in [6.45, 7) is 0. The average Bonchev–Trinajstić information content (AvgIpc) is 3.90. The Morgan fingerprint density at radius 2 is 0.726 bits per heavy atom. The first-order valence-corrected chi connectivity index (χ1v) is 21.3. The third kappa shape index (κ3) is 6.20. The van der Waals surface area contributed by atoms with E-state index in [9.17, 15) is 0 Å². The summed E-state index contributed by atoms with van der Waals surface area (Å²) in [5, 5.41) is 4.75. The summed E-state index contributed by atoms with van der Waals surface area (Å²) in [5.41, 5.74) is 8.98. The van der Waals surface area contributed by atoms with Gasteiger partial charge in [0.25, 0.3) is 0 Å². The number of fused-ring (bicyclic) bond motifs is 6. The number of hydrogen-bond acceptors (Lipinski definition) is 7. The van der Waals surface area contributed by atoms with E-state index in [0.29, 0.717) is 34.9 Å². The van der Waals surface area contributed by atoms with Gasteiger partial charge in [-0.2, -0.15) is 0 Å². The van der Waals surface area contributed by atoms with Crippen molar-refractivity contribution in [1.82, 2.24) is 34.5 Å². The Labute approximate surface area is 360 Å². The molecule has 12 rings (SSSR count). The summed E-state index contributed by atoms with van der Waals surface area (Å²) in [7, 11) is 0. The van der Waals surface area contributed by atoms with Crippen LogP contribution < -0.4 is 0 Å². The van der Waals surface area contributed by atoms with Crippen LogP contribution in [0, 0.1) is 0 Å². The van der Waals surface area contributed by atoms with Crippen molar-refractivity contribution in [2.45, 2.75) is 0 Å². The number of nitrogens with zero attached hydrogens (tertiary/aromatic N) is 7. The van der Waals surface area contributed by atoms with E-state index in [1.165, 1.54) is 21.8 Å². The van der Waals surface area contributed by atoms with Crippen molar-refractivity contribution in [3.05, 3.63) is 200 Å². The lowest BCUT2D eigenvalue weighted by Gasteiger charge is -2.11. The van der Waals surface area contributed by atoms with Gasteiger partial charge in [0.2, 0.25) is 0 Å². The van der Waals surface area contributed by atoms with Crippen LogP contribution in [0.5, 0.6) is 0 Å². The molecule has 0 unspecified atom stereocenters. The topological polar surface area (TPSA) is 82.3 Å². The molecule has 0 aliphatic rings. The fourth-order valence-corrected chi connectivity index (χ4v) is 9.60. The van der Waals surface area contributed by atoms with Gasteiger partial charge < -0.3 is 4.57 Å². The SMILES string of the molecule is c1ccc(-c2nc(-c3ccccc3)nc(-c3ccc4c(c3)sc3c(-c5nc(-c6ccccc6)nc(-c6ccc(-n7c8ccccc8c8ccccc87)cc6)n5)cccc34)n2)cc1. The predicted molar refractivity (Wildman–Crippen MR) is 253 cm³/mol. The molecule has 7 nitrogen and oxygen atoms in total. The smallest absolute Gasteiger partial charge is 0.165 e. The van der Waals surface area contributed by atoms with E-state index >= 15 is 0 Å². The van der Waals surface area contributed by atoms with E-state index in [0.717, 1.165) is 59.2 Å². The summed E-state index contributed by atoms with van der Waals surface area (Å²) in [4.78, 5) is 30.3. The Balaban J connectivity index is 0.974. The van der Waals surface area contributed by atoms with Crippen LogP contribution in [-0.2, 0) is 0 Å². The van der Waals surface area contributed by atoms with E-state index in [1.807, 2.05) is 91.0 Å². The largest absolute Gasteiger partial charge is 0.309 e. The van der Waals surface area contributed by atoms with Gasteiger partial charge in [0.1, 0.15) is 0 Å². The Morgan fingerprint density at radius 1 is 0.306 bits per heavy atom. The minimum Gasteiger partial charge on any atom is -0.309 e. The highest BCUT2D eigenvalue weighted by Crippen LogP contribution is 2.41. The van der Waals surface area contributed by atoms with E-state index < -0.39 is 0 Å². The van der Waals surface area contributed by atoms with Crippen molar-refractivity contribution in [3.8, 4) is 74.0 Å². The Kier molecular flexibility index (Phi) is 8.53. The molecule has 8 aromatic carbocycles. The van der Waals surface area contributed by atoms with Crippen molar-refractivity contribution in [3.63, 3.8) is 0 Å². The van der Waals surface area contributed by atoms with E-state index in [1.54, 1.807) is 11.3 Å². The van der Waals surface area contributed by atoms with E-state index in [-0.39, 0.29) is 0 Å². The Morgan fingerprint density at radius 3 is 1.26 bits per heavy atom. The molecule has 4 aromatic heterocycles. The van der Waals surface area contributed by atoms with Crippen LogP contribution in [0.3, 0.4) is 0 Å². The Hall–Kier alpha value is -8.20. The molecule has 0 fully saturated rings. The maximum absolute atomic E-state index is 5.20. The fraction of sp³-hybridized carbons (Fsp3) is 0. The van der Waals surface area contributed by atoms with Crippen LogP contribution in [0.15, 0.2) is 200 Å². The lowest BCUT2D eigenvalue weighted by molar-refractivity contribution is 1.07. The molecule has 0 aliphatic heterocycles. The standard InChI is InChI=1S/C54H33N7S/c1-4-15-34(16-5-1)49-55-50(35-17-6-2-7-18-35)58-53(57-49)38-29-32-42-43-23-14-24-44(48(43)62-47(42)33-38)54-59-51(36-19-8-3-9-20-36)56-52(60-54)37-27-30-39(31-28-37)61-45-25-12-10-21-40(45)41-22-11-13-26-46(41)61/h1-33H. The predicted octanol–water partition coefficient (Wildman–Crippen LogP) is 13.5. The quantitative estimate of drug-likeness (QED) is 0.159. The molecular formula is C54H33N7S. The number of benzene rings is 8. The van der Waals surface area contributed by atoms with Gasteiger partial charge in [0.05, 0.1) is 11.0 Å². The first-order valence-electron chi connectivity index (χ1n) is 20.5. The van der Waals surface area contributed by atoms with Crippen molar-refractivity contribution < 1.29 is 0 Å². The second-order valence-corrected chi connectivity index (χ2v) is 16.2. The molecule has 0 bridgehead atoms. The van der Waals surface area contributed by atoms with Gasteiger partial charge in [0.15, 0.2) is 34.9 Å². The summed E-state index contributed by atoms with van der Waals surface area (Å²) < 4.78 is 4.54. The van der Waals surface area contributed by atoms with Gasteiger partial charge in [-0.3, -0.25) is 0 Å². The van der Waals surface area contributed by atoms with Gasteiger partial charge in [-0.25, -0.2) is 29.9 Å². The van der Waals surface area contributed by atoms with Crippen LogP contribution in [0.25, 0.3) is 116 Å². The van der Waals surface area contributed by atoms with E-state index in [2.05, 4.69) is 114 Å². The van der Waals surface area contributed by atoms with Crippen LogP contribution >= 0.6 is 11.3 Å². The first-order chi connectivity index (χ1) is 30.7. The maximum atomic E-state index is 5.20. The molecule has 0 N–H and O–H groups in total. The monoisotopic (exact) mass is 811 g/mol. The molecule has 4 heterocycles. The molecule has 0 spiro atoms. The number of thiophene rings is 1. The average molecular weight is 812 g/mol. The van der Waals surface area contributed by atoms with Gasteiger partial charge >= 0.3 is 0 Å². The minimum absolute atomic E-state index is 0.612. The van der Waals surface area contributed by atoms with Crippen LogP contribution in [0.2, 0.25) is 0 Å². The number of hydrogen-bond donors (Lipinski definition) is 0. The second-order valence-electron chi connectivity index (χ2n) is 15.1. The highest BCUT2D eigenvalue weighted by atomic mass is 32.1. The molecule has 0 amide bonds. The molecule has 0 saturated carbocycles. The van der Waals surface area contributed by atoms with Crippen molar-refractivity contribution in [2.75, 3.05) is 0 Å². The molecule has 290 valence electrons. The molecule has 0 atom stereocenters. The highest BCUT2D eigenvalue weighted by Gasteiger charge is 2.19. The summed E-state index contributed by atoms with van der Waals surface area (Å²) >= 11 is 1.72. The Bertz CT molecular complexity index is 3510. The number of para-hydroxylation sites is 2. The van der Waals surface area contributed by atoms with Gasteiger partial charge in [-0.1, -0.05) is 152 Å². The third-order valence-electron chi connectivity index (χ3n) is 11.3. The zero-order valence-corrected chi connectivity index (χ0v) is 33.9. The van der Waals surface area contributed by atoms with E-state index in [4.69, 9.17) is 29.9 Å². The van der Waals surface area contributed by atoms with Gasteiger partial charge in [-0.05, 0) is 48.5 Å². The van der Waals surface area contributed by atoms with Gasteiger partial charge in [-0.15, -0.1) is 11.3 Å². The van der Waals surface area contributed by atoms with Gasteiger partial charge in [0, 0.05) is 70.0 Å². The second kappa shape index (κ2) is 14.8. The normalized spacial score (nSPS) is 11.5. The number of aromatic nitrogens is 7. The molecular weight excluding hydrogens is 779 g/mol. The lowest BCUT2D eigenvalue weighted by atomic mass is 10.1. The lowest BCUT2D eigenvalue weighted by Crippen LogP contribution is -2.00. The molecule has 0 saturated heterocycles. The first kappa shape index (κ1) is 35.7. The van der Waals surface area contributed by atoms with Crippen molar-refractivity contribution >= 4 is 53.3 Å². The summed E-state index contributed by atoms with van der Waals surface area (Å²) in [6.07, 6.45) is 0.